The summed E-state index contributed by atoms with van der Waals surface area (Å²) in [6, 6.07) is 1.88. The van der Waals surface area contributed by atoms with Gasteiger partial charge in [-0.05, 0) is 38.7 Å². The second-order valence-electron chi connectivity index (χ2n) is 6.58. The lowest BCUT2D eigenvalue weighted by molar-refractivity contribution is 0.572. The Morgan fingerprint density at radius 3 is 2.67 bits per heavy atom. The standard InChI is InChI=1S/C20H25N5OS/c1-4-18-17(20(23-14-22-18)25-10-6-5-7-11-25)9-8-16-12-19(24-27(3)26)15(2)21-13-16/h12-14,24H,4-7,10-11H2,1-3H3. The first-order valence-corrected chi connectivity index (χ1v) is 10.8. The number of pyridine rings is 1. The van der Waals surface area contributed by atoms with Crippen LogP contribution in [0.5, 0.6) is 0 Å². The fraction of sp³-hybridized carbons (Fsp3) is 0.450. The van der Waals surface area contributed by atoms with Crippen molar-refractivity contribution in [3.8, 4) is 11.8 Å². The van der Waals surface area contributed by atoms with Crippen LogP contribution in [0.2, 0.25) is 0 Å². The van der Waals surface area contributed by atoms with Gasteiger partial charge in [0.2, 0.25) is 0 Å². The summed E-state index contributed by atoms with van der Waals surface area (Å²) >= 11 is 0. The zero-order chi connectivity index (χ0) is 19.2. The SMILES string of the molecule is CCc1ncnc(N2CCCCC2)c1C#Cc1cnc(C)c(NS(C)=O)c1. The highest BCUT2D eigenvalue weighted by Gasteiger charge is 2.17. The van der Waals surface area contributed by atoms with Crippen LogP contribution in [-0.4, -0.2) is 38.5 Å². The van der Waals surface area contributed by atoms with E-state index < -0.39 is 11.0 Å². The fourth-order valence-corrected chi connectivity index (χ4v) is 3.66. The van der Waals surface area contributed by atoms with Crippen LogP contribution in [-0.2, 0) is 17.4 Å². The Morgan fingerprint density at radius 2 is 1.96 bits per heavy atom. The van der Waals surface area contributed by atoms with Crippen molar-refractivity contribution in [3.05, 3.63) is 41.1 Å². The quantitative estimate of drug-likeness (QED) is 0.822. The van der Waals surface area contributed by atoms with Gasteiger partial charge in [-0.2, -0.15) is 0 Å². The second kappa shape index (κ2) is 8.96. The normalized spacial score (nSPS) is 15.0. The van der Waals surface area contributed by atoms with Gasteiger partial charge >= 0.3 is 0 Å². The third kappa shape index (κ3) is 4.83. The van der Waals surface area contributed by atoms with Gasteiger partial charge in [0.25, 0.3) is 0 Å². The van der Waals surface area contributed by atoms with E-state index in [0.717, 1.165) is 53.5 Å². The summed E-state index contributed by atoms with van der Waals surface area (Å²) < 4.78 is 14.4. The lowest BCUT2D eigenvalue weighted by Gasteiger charge is -2.28. The molecule has 0 saturated carbocycles. The van der Waals surface area contributed by atoms with Crippen molar-refractivity contribution >= 4 is 22.5 Å². The molecule has 1 aliphatic rings. The van der Waals surface area contributed by atoms with E-state index in [9.17, 15) is 4.21 Å². The van der Waals surface area contributed by atoms with Crippen LogP contribution in [0.15, 0.2) is 18.6 Å². The average Bonchev–Trinajstić information content (AvgIpc) is 2.68. The molecule has 1 N–H and O–H groups in total. The maximum Gasteiger partial charge on any atom is 0.148 e. The first-order valence-electron chi connectivity index (χ1n) is 9.26. The Balaban J connectivity index is 1.97. The molecule has 27 heavy (non-hydrogen) atoms. The second-order valence-corrected chi connectivity index (χ2v) is 7.70. The molecule has 0 bridgehead atoms. The first-order chi connectivity index (χ1) is 13.1. The molecule has 1 atom stereocenters. The zero-order valence-corrected chi connectivity index (χ0v) is 16.9. The first kappa shape index (κ1) is 19.3. The third-order valence-corrected chi connectivity index (χ3v) is 5.08. The van der Waals surface area contributed by atoms with Crippen LogP contribution in [0, 0.1) is 18.8 Å². The van der Waals surface area contributed by atoms with E-state index in [-0.39, 0.29) is 0 Å². The lowest BCUT2D eigenvalue weighted by atomic mass is 10.1. The highest BCUT2D eigenvalue weighted by atomic mass is 32.2. The summed E-state index contributed by atoms with van der Waals surface area (Å²) in [4.78, 5) is 15.6. The van der Waals surface area contributed by atoms with E-state index in [4.69, 9.17) is 0 Å². The van der Waals surface area contributed by atoms with Gasteiger partial charge in [-0.3, -0.25) is 4.98 Å². The van der Waals surface area contributed by atoms with Gasteiger partial charge in [-0.25, -0.2) is 14.2 Å². The van der Waals surface area contributed by atoms with Gasteiger partial charge in [0.05, 0.1) is 22.6 Å². The predicted molar refractivity (Wildman–Crippen MR) is 110 cm³/mol. The Bertz CT molecular complexity index is 897. The minimum Gasteiger partial charge on any atom is -0.355 e. The molecule has 0 spiro atoms. The highest BCUT2D eigenvalue weighted by molar-refractivity contribution is 7.85. The molecular formula is C20H25N5OS. The van der Waals surface area contributed by atoms with Gasteiger partial charge < -0.3 is 9.62 Å². The number of anilines is 2. The van der Waals surface area contributed by atoms with Crippen molar-refractivity contribution in [1.29, 1.82) is 0 Å². The van der Waals surface area contributed by atoms with Gasteiger partial charge in [0.15, 0.2) is 0 Å². The number of aromatic nitrogens is 3. The molecule has 3 heterocycles. The molecule has 1 aliphatic heterocycles. The topological polar surface area (TPSA) is 71.0 Å². The minimum absolute atomic E-state index is 0.735. The summed E-state index contributed by atoms with van der Waals surface area (Å²) in [5.74, 6) is 7.42. The molecular weight excluding hydrogens is 358 g/mol. The molecule has 1 unspecified atom stereocenters. The zero-order valence-electron chi connectivity index (χ0n) is 16.1. The summed E-state index contributed by atoms with van der Waals surface area (Å²) in [7, 11) is -1.15. The Hall–Kier alpha value is -2.46. The lowest BCUT2D eigenvalue weighted by Crippen LogP contribution is -2.31. The molecule has 6 nitrogen and oxygen atoms in total. The maximum absolute atomic E-state index is 11.5. The molecule has 2 aromatic rings. The third-order valence-electron chi connectivity index (χ3n) is 4.57. The number of hydrogen-bond donors (Lipinski definition) is 1. The molecule has 1 saturated heterocycles. The molecule has 0 radical (unpaired) electrons. The summed E-state index contributed by atoms with van der Waals surface area (Å²) in [5, 5.41) is 0. The fourth-order valence-electron chi connectivity index (χ4n) is 3.15. The van der Waals surface area contributed by atoms with Crippen LogP contribution in [0.1, 0.15) is 48.7 Å². The number of hydrogen-bond acceptors (Lipinski definition) is 5. The summed E-state index contributed by atoms with van der Waals surface area (Å²) in [6.45, 7) is 5.98. The monoisotopic (exact) mass is 383 g/mol. The Labute approximate surface area is 163 Å². The van der Waals surface area contributed by atoms with E-state index in [1.54, 1.807) is 18.8 Å². The molecule has 142 valence electrons. The van der Waals surface area contributed by atoms with Crippen LogP contribution in [0.4, 0.5) is 11.5 Å². The Morgan fingerprint density at radius 1 is 1.19 bits per heavy atom. The van der Waals surface area contributed by atoms with Crippen LogP contribution in [0.3, 0.4) is 0 Å². The van der Waals surface area contributed by atoms with Crippen molar-refractivity contribution in [3.63, 3.8) is 0 Å². The van der Waals surface area contributed by atoms with Gasteiger partial charge in [0.1, 0.15) is 23.1 Å². The van der Waals surface area contributed by atoms with Gasteiger partial charge in [0, 0.05) is 31.1 Å². The number of aryl methyl sites for hydroxylation is 2. The highest BCUT2D eigenvalue weighted by Crippen LogP contribution is 2.23. The van der Waals surface area contributed by atoms with E-state index in [2.05, 4.69) is 43.3 Å². The molecule has 0 aromatic carbocycles. The number of rotatable bonds is 4. The largest absolute Gasteiger partial charge is 0.355 e. The number of piperidine rings is 1. The van der Waals surface area contributed by atoms with Crippen molar-refractivity contribution in [2.75, 3.05) is 29.0 Å². The van der Waals surface area contributed by atoms with Crippen molar-refractivity contribution in [2.24, 2.45) is 0 Å². The van der Waals surface area contributed by atoms with E-state index in [0.29, 0.717) is 0 Å². The molecule has 2 aromatic heterocycles. The van der Waals surface area contributed by atoms with Gasteiger partial charge in [-0.15, -0.1) is 0 Å². The van der Waals surface area contributed by atoms with E-state index in [1.165, 1.54) is 19.3 Å². The summed E-state index contributed by atoms with van der Waals surface area (Å²) in [5.41, 5.74) is 4.16. The molecule has 1 fully saturated rings. The minimum atomic E-state index is -1.15. The smallest absolute Gasteiger partial charge is 0.148 e. The van der Waals surface area contributed by atoms with Crippen LogP contribution >= 0.6 is 0 Å². The number of nitrogens with zero attached hydrogens (tertiary/aromatic N) is 4. The van der Waals surface area contributed by atoms with E-state index in [1.807, 2.05) is 13.0 Å². The average molecular weight is 384 g/mol. The van der Waals surface area contributed by atoms with Crippen molar-refractivity contribution < 1.29 is 4.21 Å². The van der Waals surface area contributed by atoms with Crippen molar-refractivity contribution in [2.45, 2.75) is 39.5 Å². The summed E-state index contributed by atoms with van der Waals surface area (Å²) in [6.07, 6.45) is 9.42. The van der Waals surface area contributed by atoms with Crippen LogP contribution in [0.25, 0.3) is 0 Å². The van der Waals surface area contributed by atoms with E-state index >= 15 is 0 Å². The Kier molecular flexibility index (Phi) is 6.40. The van der Waals surface area contributed by atoms with Gasteiger partial charge in [-0.1, -0.05) is 18.8 Å². The molecule has 7 heteroatoms. The number of nitrogens with one attached hydrogen (secondary N) is 1. The molecule has 0 aliphatic carbocycles. The predicted octanol–water partition coefficient (Wildman–Crippen LogP) is 2.84. The maximum atomic E-state index is 11.5. The molecule has 3 rings (SSSR count). The molecule has 0 amide bonds. The van der Waals surface area contributed by atoms with Crippen molar-refractivity contribution in [1.82, 2.24) is 15.0 Å². The van der Waals surface area contributed by atoms with Crippen LogP contribution < -0.4 is 9.62 Å².